The summed E-state index contributed by atoms with van der Waals surface area (Å²) in [6.45, 7) is 1.62. The van der Waals surface area contributed by atoms with E-state index in [1.165, 1.54) is 26.3 Å². The third kappa shape index (κ3) is 2.07. The Hall–Kier alpha value is -2.28. The van der Waals surface area contributed by atoms with Crippen LogP contribution in [0.3, 0.4) is 0 Å². The van der Waals surface area contributed by atoms with Gasteiger partial charge in [0.1, 0.15) is 23.7 Å². The fraction of sp³-hybridized carbons (Fsp3) is 0.438. The van der Waals surface area contributed by atoms with Crippen molar-refractivity contribution in [2.24, 2.45) is 11.8 Å². The van der Waals surface area contributed by atoms with Gasteiger partial charge in [-0.25, -0.2) is 9.18 Å². The molecule has 0 aromatic heterocycles. The van der Waals surface area contributed by atoms with E-state index in [0.29, 0.717) is 5.56 Å². The standard InChI is InChI=1S/C16H17FN2O4/c1-16(15(22)23-3)11-10(13(20)19(2)14(11)21)12(18-16)8-4-6-9(17)7-5-8/h4-7,10-12,18H,1-3H3/p+1/t10-,11-,12-,16-/m0/s1. The van der Waals surface area contributed by atoms with Gasteiger partial charge in [0.05, 0.1) is 7.11 Å². The van der Waals surface area contributed by atoms with E-state index in [-0.39, 0.29) is 17.6 Å². The lowest BCUT2D eigenvalue weighted by molar-refractivity contribution is -0.731. The Morgan fingerprint density at radius 3 is 2.43 bits per heavy atom. The van der Waals surface area contributed by atoms with Gasteiger partial charge < -0.3 is 10.1 Å². The van der Waals surface area contributed by atoms with Crippen molar-refractivity contribution in [3.63, 3.8) is 0 Å². The van der Waals surface area contributed by atoms with E-state index in [2.05, 4.69) is 0 Å². The van der Waals surface area contributed by atoms with E-state index in [4.69, 9.17) is 4.74 Å². The smallest absolute Gasteiger partial charge is 0.368 e. The molecule has 2 aliphatic rings. The molecular formula is C16H18FN2O4+. The molecule has 2 saturated heterocycles. The molecule has 2 heterocycles. The second-order valence-electron chi connectivity index (χ2n) is 6.26. The van der Waals surface area contributed by atoms with Gasteiger partial charge in [0.2, 0.25) is 17.4 Å². The Morgan fingerprint density at radius 2 is 1.87 bits per heavy atom. The van der Waals surface area contributed by atoms with Crippen molar-refractivity contribution in [2.75, 3.05) is 14.2 Å². The van der Waals surface area contributed by atoms with Gasteiger partial charge >= 0.3 is 5.97 Å². The number of nitrogens with zero attached hydrogens (tertiary/aromatic N) is 1. The third-order valence-electron chi connectivity index (χ3n) is 5.01. The number of rotatable bonds is 2. The molecule has 0 unspecified atom stereocenters. The highest BCUT2D eigenvalue weighted by Crippen LogP contribution is 2.43. The number of amides is 2. The van der Waals surface area contributed by atoms with E-state index in [0.717, 1.165) is 4.90 Å². The van der Waals surface area contributed by atoms with Crippen LogP contribution < -0.4 is 5.32 Å². The number of nitrogens with two attached hydrogens (primary N) is 1. The van der Waals surface area contributed by atoms with Crippen LogP contribution >= 0.6 is 0 Å². The van der Waals surface area contributed by atoms with Crippen molar-refractivity contribution in [2.45, 2.75) is 18.5 Å². The van der Waals surface area contributed by atoms with Crippen molar-refractivity contribution in [3.05, 3.63) is 35.6 Å². The molecule has 2 N–H and O–H groups in total. The highest BCUT2D eigenvalue weighted by Gasteiger charge is 2.70. The average Bonchev–Trinajstić information content (AvgIpc) is 2.97. The molecule has 2 fully saturated rings. The van der Waals surface area contributed by atoms with Crippen LogP contribution in [0.5, 0.6) is 0 Å². The first-order chi connectivity index (χ1) is 10.8. The zero-order chi connectivity index (χ0) is 16.9. The Labute approximate surface area is 132 Å². The molecule has 6 nitrogen and oxygen atoms in total. The van der Waals surface area contributed by atoms with Crippen LogP contribution in [0.1, 0.15) is 18.5 Å². The largest absolute Gasteiger partial charge is 0.464 e. The summed E-state index contributed by atoms with van der Waals surface area (Å²) in [7, 11) is 2.68. The first-order valence-electron chi connectivity index (χ1n) is 7.32. The number of halogens is 1. The average molecular weight is 321 g/mol. The molecule has 2 aliphatic heterocycles. The van der Waals surface area contributed by atoms with E-state index in [9.17, 15) is 18.8 Å². The number of methoxy groups -OCH3 is 1. The predicted octanol–water partition coefficient (Wildman–Crippen LogP) is -0.393. The van der Waals surface area contributed by atoms with Gasteiger partial charge in [0.15, 0.2) is 0 Å². The Balaban J connectivity index is 2.09. The molecule has 0 radical (unpaired) electrons. The second kappa shape index (κ2) is 5.13. The van der Waals surface area contributed by atoms with E-state index >= 15 is 0 Å². The molecule has 0 aliphatic carbocycles. The number of benzene rings is 1. The maximum absolute atomic E-state index is 13.2. The van der Waals surface area contributed by atoms with Gasteiger partial charge in [-0.2, -0.15) is 0 Å². The van der Waals surface area contributed by atoms with Crippen molar-refractivity contribution in [1.29, 1.82) is 0 Å². The number of esters is 1. The van der Waals surface area contributed by atoms with E-state index in [1.54, 1.807) is 24.4 Å². The quantitative estimate of drug-likeness (QED) is 0.594. The topological polar surface area (TPSA) is 80.3 Å². The zero-order valence-corrected chi connectivity index (χ0v) is 13.1. The molecule has 23 heavy (non-hydrogen) atoms. The number of carbonyl (C=O) groups excluding carboxylic acids is 3. The van der Waals surface area contributed by atoms with Gasteiger partial charge in [0.25, 0.3) is 0 Å². The summed E-state index contributed by atoms with van der Waals surface area (Å²) in [6, 6.07) is 5.32. The summed E-state index contributed by atoms with van der Waals surface area (Å²) in [5.41, 5.74) is -0.485. The lowest BCUT2D eigenvalue weighted by atomic mass is 9.80. The molecule has 0 spiro atoms. The normalized spacial score (nSPS) is 33.0. The summed E-state index contributed by atoms with van der Waals surface area (Å²) < 4.78 is 18.0. The van der Waals surface area contributed by atoms with Crippen molar-refractivity contribution >= 4 is 17.8 Å². The van der Waals surface area contributed by atoms with Crippen molar-refractivity contribution < 1.29 is 28.8 Å². The summed E-state index contributed by atoms with van der Waals surface area (Å²) in [5.74, 6) is -3.09. The van der Waals surface area contributed by atoms with E-state index < -0.39 is 29.4 Å². The Kier molecular flexibility index (Phi) is 3.48. The van der Waals surface area contributed by atoms with Gasteiger partial charge in [0, 0.05) is 19.5 Å². The van der Waals surface area contributed by atoms with Crippen LogP contribution in [0.2, 0.25) is 0 Å². The number of quaternary nitrogens is 1. The van der Waals surface area contributed by atoms with Crippen LogP contribution in [0.4, 0.5) is 4.39 Å². The van der Waals surface area contributed by atoms with Crippen LogP contribution in [-0.4, -0.2) is 42.4 Å². The molecule has 2 amide bonds. The Bertz CT molecular complexity index is 690. The molecule has 1 aromatic rings. The molecule has 3 rings (SSSR count). The van der Waals surface area contributed by atoms with Crippen LogP contribution in [0.25, 0.3) is 0 Å². The molecular weight excluding hydrogens is 303 g/mol. The molecule has 122 valence electrons. The highest BCUT2D eigenvalue weighted by atomic mass is 19.1. The van der Waals surface area contributed by atoms with Gasteiger partial charge in [-0.05, 0) is 12.1 Å². The lowest BCUT2D eigenvalue weighted by Crippen LogP contribution is -2.97. The number of carbonyl (C=O) groups is 3. The minimum Gasteiger partial charge on any atom is -0.464 e. The minimum atomic E-state index is -1.18. The summed E-state index contributed by atoms with van der Waals surface area (Å²) in [5, 5.41) is 1.70. The van der Waals surface area contributed by atoms with E-state index in [1.807, 2.05) is 0 Å². The number of hydrogen-bond acceptors (Lipinski definition) is 4. The van der Waals surface area contributed by atoms with Crippen molar-refractivity contribution in [1.82, 2.24) is 4.90 Å². The molecule has 4 atom stereocenters. The van der Waals surface area contributed by atoms with Gasteiger partial charge in [-0.15, -0.1) is 0 Å². The fourth-order valence-corrected chi connectivity index (χ4v) is 3.81. The number of imide groups is 1. The lowest BCUT2D eigenvalue weighted by Gasteiger charge is -2.24. The fourth-order valence-electron chi connectivity index (χ4n) is 3.81. The molecule has 1 aromatic carbocycles. The summed E-state index contributed by atoms with van der Waals surface area (Å²) in [6.07, 6.45) is 0. The first kappa shape index (κ1) is 15.6. The van der Waals surface area contributed by atoms with Crippen LogP contribution in [0, 0.1) is 17.7 Å². The third-order valence-corrected chi connectivity index (χ3v) is 5.01. The van der Waals surface area contributed by atoms with Gasteiger partial charge in [-0.3, -0.25) is 14.5 Å². The number of ether oxygens (including phenoxy) is 1. The molecule has 7 heteroatoms. The summed E-state index contributed by atoms with van der Waals surface area (Å²) in [4.78, 5) is 38.3. The number of fused-ring (bicyclic) bond motifs is 1. The van der Waals surface area contributed by atoms with Gasteiger partial charge in [-0.1, -0.05) is 12.1 Å². The second-order valence-corrected chi connectivity index (χ2v) is 6.26. The predicted molar refractivity (Wildman–Crippen MR) is 76.2 cm³/mol. The first-order valence-corrected chi connectivity index (χ1v) is 7.32. The van der Waals surface area contributed by atoms with Crippen LogP contribution in [-0.2, 0) is 19.1 Å². The van der Waals surface area contributed by atoms with Crippen molar-refractivity contribution in [3.8, 4) is 0 Å². The monoisotopic (exact) mass is 321 g/mol. The minimum absolute atomic E-state index is 0.321. The maximum atomic E-state index is 13.2. The summed E-state index contributed by atoms with van der Waals surface area (Å²) >= 11 is 0. The number of hydrogen-bond donors (Lipinski definition) is 1. The maximum Gasteiger partial charge on any atom is 0.368 e. The highest BCUT2D eigenvalue weighted by molar-refractivity contribution is 6.08. The molecule has 0 saturated carbocycles. The zero-order valence-electron chi connectivity index (χ0n) is 13.1. The van der Waals surface area contributed by atoms with Crippen LogP contribution in [0.15, 0.2) is 24.3 Å². The molecule has 0 bridgehead atoms. The number of likely N-dealkylation sites (tertiary alicyclic amines) is 1. The SMILES string of the molecule is COC(=O)[C@@]1(C)[NH2+][C@@H](c2ccc(F)cc2)[C@H]2C(=O)N(C)C(=O)[C@H]21. The Morgan fingerprint density at radius 1 is 1.26 bits per heavy atom.